The highest BCUT2D eigenvalue weighted by atomic mass is 16.5. The molecular formula is C13H26N2O. The van der Waals surface area contributed by atoms with Gasteiger partial charge in [-0.25, -0.2) is 0 Å². The molecule has 0 aromatic heterocycles. The molecule has 1 aliphatic carbocycles. The first-order chi connectivity index (χ1) is 7.69. The van der Waals surface area contributed by atoms with Gasteiger partial charge < -0.3 is 15.4 Å². The van der Waals surface area contributed by atoms with Crippen molar-refractivity contribution in [2.45, 2.75) is 44.8 Å². The maximum absolute atomic E-state index is 6.23. The minimum atomic E-state index is 0.429. The van der Waals surface area contributed by atoms with E-state index in [2.05, 4.69) is 11.8 Å². The standard InChI is InChI=1S/C13H26N2O/c1-10-3-4-13(14)11(7-10)8-15-6-5-12(9-15)16-2/h10-13H,3-9,14H2,1-2H3. The zero-order valence-electron chi connectivity index (χ0n) is 10.7. The topological polar surface area (TPSA) is 38.5 Å². The third-order valence-electron chi connectivity index (χ3n) is 4.36. The molecule has 2 fully saturated rings. The van der Waals surface area contributed by atoms with Gasteiger partial charge in [0.1, 0.15) is 0 Å². The molecule has 1 heterocycles. The van der Waals surface area contributed by atoms with Gasteiger partial charge in [0.25, 0.3) is 0 Å². The maximum atomic E-state index is 6.23. The van der Waals surface area contributed by atoms with Gasteiger partial charge in [-0.1, -0.05) is 6.92 Å². The third kappa shape index (κ3) is 2.96. The minimum absolute atomic E-state index is 0.429. The summed E-state index contributed by atoms with van der Waals surface area (Å²) in [5, 5.41) is 0. The molecule has 0 radical (unpaired) electrons. The Kier molecular flexibility index (Phi) is 4.22. The number of ether oxygens (including phenoxy) is 1. The van der Waals surface area contributed by atoms with E-state index < -0.39 is 0 Å². The van der Waals surface area contributed by atoms with Gasteiger partial charge in [0.2, 0.25) is 0 Å². The number of likely N-dealkylation sites (tertiary alicyclic amines) is 1. The molecule has 1 aliphatic heterocycles. The van der Waals surface area contributed by atoms with E-state index in [4.69, 9.17) is 10.5 Å². The van der Waals surface area contributed by atoms with Crippen molar-refractivity contribution >= 4 is 0 Å². The number of hydrogen-bond donors (Lipinski definition) is 1. The molecule has 0 amide bonds. The molecule has 2 aliphatic rings. The summed E-state index contributed by atoms with van der Waals surface area (Å²) in [6, 6.07) is 0.429. The molecule has 1 saturated carbocycles. The molecule has 4 atom stereocenters. The van der Waals surface area contributed by atoms with Crippen LogP contribution in [0.3, 0.4) is 0 Å². The van der Waals surface area contributed by atoms with Crippen molar-refractivity contribution in [3.05, 3.63) is 0 Å². The van der Waals surface area contributed by atoms with Gasteiger partial charge in [-0.15, -0.1) is 0 Å². The van der Waals surface area contributed by atoms with Crippen LogP contribution in [0.1, 0.15) is 32.6 Å². The highest BCUT2D eigenvalue weighted by Gasteiger charge is 2.30. The second kappa shape index (κ2) is 5.48. The molecule has 0 aromatic carbocycles. The first-order valence-corrected chi connectivity index (χ1v) is 6.69. The van der Waals surface area contributed by atoms with Crippen molar-refractivity contribution < 1.29 is 4.74 Å². The molecule has 0 aromatic rings. The summed E-state index contributed by atoms with van der Waals surface area (Å²) >= 11 is 0. The Morgan fingerprint density at radius 1 is 1.31 bits per heavy atom. The van der Waals surface area contributed by atoms with E-state index in [-0.39, 0.29) is 0 Å². The van der Waals surface area contributed by atoms with Crippen LogP contribution in [0, 0.1) is 11.8 Å². The summed E-state index contributed by atoms with van der Waals surface area (Å²) in [5.41, 5.74) is 6.23. The van der Waals surface area contributed by atoms with Gasteiger partial charge >= 0.3 is 0 Å². The minimum Gasteiger partial charge on any atom is -0.380 e. The Bertz CT molecular complexity index is 222. The number of methoxy groups -OCH3 is 1. The van der Waals surface area contributed by atoms with E-state index >= 15 is 0 Å². The fraction of sp³-hybridized carbons (Fsp3) is 1.00. The summed E-state index contributed by atoms with van der Waals surface area (Å²) in [4.78, 5) is 2.54. The maximum Gasteiger partial charge on any atom is 0.0710 e. The Hall–Kier alpha value is -0.120. The Labute approximate surface area is 99.3 Å². The Balaban J connectivity index is 1.80. The monoisotopic (exact) mass is 226 g/mol. The lowest BCUT2D eigenvalue weighted by atomic mass is 9.79. The van der Waals surface area contributed by atoms with Crippen LogP contribution < -0.4 is 5.73 Å². The molecule has 3 nitrogen and oxygen atoms in total. The van der Waals surface area contributed by atoms with Crippen LogP contribution in [0.15, 0.2) is 0 Å². The largest absolute Gasteiger partial charge is 0.380 e. The summed E-state index contributed by atoms with van der Waals surface area (Å²) in [7, 11) is 1.82. The summed E-state index contributed by atoms with van der Waals surface area (Å²) < 4.78 is 5.41. The lowest BCUT2D eigenvalue weighted by molar-refractivity contribution is 0.101. The van der Waals surface area contributed by atoms with E-state index in [1.165, 1.54) is 38.8 Å². The Morgan fingerprint density at radius 3 is 2.81 bits per heavy atom. The second-order valence-corrected chi connectivity index (χ2v) is 5.75. The highest BCUT2D eigenvalue weighted by molar-refractivity contribution is 4.85. The SMILES string of the molecule is COC1CCN(CC2CC(C)CCC2N)C1. The summed E-state index contributed by atoms with van der Waals surface area (Å²) in [6.07, 6.45) is 5.49. The van der Waals surface area contributed by atoms with Gasteiger partial charge in [0.15, 0.2) is 0 Å². The van der Waals surface area contributed by atoms with Crippen molar-refractivity contribution in [3.8, 4) is 0 Å². The van der Waals surface area contributed by atoms with E-state index in [0.29, 0.717) is 18.1 Å². The Morgan fingerprint density at radius 2 is 2.12 bits per heavy atom. The van der Waals surface area contributed by atoms with Crippen LogP contribution in [0.25, 0.3) is 0 Å². The fourth-order valence-corrected chi connectivity index (χ4v) is 3.22. The fourth-order valence-electron chi connectivity index (χ4n) is 3.22. The molecule has 2 N–H and O–H groups in total. The van der Waals surface area contributed by atoms with Crippen LogP contribution >= 0.6 is 0 Å². The van der Waals surface area contributed by atoms with Crippen LogP contribution in [0.4, 0.5) is 0 Å². The van der Waals surface area contributed by atoms with Crippen LogP contribution in [0.2, 0.25) is 0 Å². The van der Waals surface area contributed by atoms with Crippen molar-refractivity contribution in [2.75, 3.05) is 26.7 Å². The second-order valence-electron chi connectivity index (χ2n) is 5.75. The molecule has 94 valence electrons. The van der Waals surface area contributed by atoms with Gasteiger partial charge in [-0.3, -0.25) is 0 Å². The number of nitrogens with zero attached hydrogens (tertiary/aromatic N) is 1. The van der Waals surface area contributed by atoms with Crippen LogP contribution in [0.5, 0.6) is 0 Å². The number of nitrogens with two attached hydrogens (primary N) is 1. The smallest absolute Gasteiger partial charge is 0.0710 e. The van der Waals surface area contributed by atoms with E-state index in [1.807, 2.05) is 7.11 Å². The van der Waals surface area contributed by atoms with Crippen molar-refractivity contribution in [1.29, 1.82) is 0 Å². The molecule has 3 heteroatoms. The van der Waals surface area contributed by atoms with Crippen molar-refractivity contribution in [3.63, 3.8) is 0 Å². The molecule has 4 unspecified atom stereocenters. The van der Waals surface area contributed by atoms with E-state index in [9.17, 15) is 0 Å². The van der Waals surface area contributed by atoms with Gasteiger partial charge in [0, 0.05) is 32.8 Å². The summed E-state index contributed by atoms with van der Waals surface area (Å²) in [5.74, 6) is 1.57. The van der Waals surface area contributed by atoms with Crippen LogP contribution in [-0.4, -0.2) is 43.8 Å². The highest BCUT2D eigenvalue weighted by Crippen LogP contribution is 2.29. The normalized spacial score (nSPS) is 41.4. The zero-order chi connectivity index (χ0) is 11.5. The van der Waals surface area contributed by atoms with Gasteiger partial charge in [0.05, 0.1) is 6.10 Å². The van der Waals surface area contributed by atoms with Crippen LogP contribution in [-0.2, 0) is 4.74 Å². The first kappa shape index (κ1) is 12.3. The molecule has 2 rings (SSSR count). The number of rotatable bonds is 3. The first-order valence-electron chi connectivity index (χ1n) is 6.69. The predicted octanol–water partition coefficient (Wildman–Crippen LogP) is 1.47. The zero-order valence-corrected chi connectivity index (χ0v) is 10.7. The average Bonchev–Trinajstić information content (AvgIpc) is 2.71. The lowest BCUT2D eigenvalue weighted by Crippen LogP contribution is -2.42. The predicted molar refractivity (Wildman–Crippen MR) is 66.3 cm³/mol. The molecular weight excluding hydrogens is 200 g/mol. The molecule has 1 saturated heterocycles. The van der Waals surface area contributed by atoms with E-state index in [1.54, 1.807) is 0 Å². The third-order valence-corrected chi connectivity index (χ3v) is 4.36. The summed E-state index contributed by atoms with van der Waals surface area (Å²) in [6.45, 7) is 5.84. The van der Waals surface area contributed by atoms with Gasteiger partial charge in [-0.2, -0.15) is 0 Å². The quantitative estimate of drug-likeness (QED) is 0.792. The lowest BCUT2D eigenvalue weighted by Gasteiger charge is -2.35. The van der Waals surface area contributed by atoms with Gasteiger partial charge in [-0.05, 0) is 37.5 Å². The molecule has 0 spiro atoms. The van der Waals surface area contributed by atoms with E-state index in [0.717, 1.165) is 12.5 Å². The average molecular weight is 226 g/mol. The van der Waals surface area contributed by atoms with Crippen molar-refractivity contribution in [1.82, 2.24) is 4.90 Å². The number of hydrogen-bond acceptors (Lipinski definition) is 3. The molecule has 0 bridgehead atoms. The van der Waals surface area contributed by atoms with Crippen molar-refractivity contribution in [2.24, 2.45) is 17.6 Å². The molecule has 16 heavy (non-hydrogen) atoms.